The van der Waals surface area contributed by atoms with Gasteiger partial charge in [0.25, 0.3) is 5.69 Å². The average Bonchev–Trinajstić information content (AvgIpc) is 2.19. The van der Waals surface area contributed by atoms with Gasteiger partial charge in [-0.1, -0.05) is 11.6 Å². The summed E-state index contributed by atoms with van der Waals surface area (Å²) in [5.74, 6) is 0. The number of pyridine rings is 1. The molecule has 0 aliphatic heterocycles. The van der Waals surface area contributed by atoms with Crippen LogP contribution in [0, 0.1) is 10.1 Å². The van der Waals surface area contributed by atoms with Gasteiger partial charge >= 0.3 is 0 Å². The molecule has 0 aliphatic rings. The molecule has 0 saturated heterocycles. The largest absolute Gasteiger partial charge is 0.383 e. The second-order valence-electron chi connectivity index (χ2n) is 3.20. The molecule has 0 unspecified atom stereocenters. The lowest BCUT2D eigenvalue weighted by molar-refractivity contribution is -0.385. The van der Waals surface area contributed by atoms with Gasteiger partial charge in [-0.05, 0) is 28.2 Å². The van der Waals surface area contributed by atoms with Crippen molar-refractivity contribution in [1.82, 2.24) is 9.88 Å². The van der Waals surface area contributed by atoms with Crippen LogP contribution in [0.25, 0.3) is 6.08 Å². The van der Waals surface area contributed by atoms with Crippen molar-refractivity contribution in [2.24, 2.45) is 0 Å². The number of aromatic nitrogens is 1. The Labute approximate surface area is 106 Å². The quantitative estimate of drug-likeness (QED) is 0.489. The molecule has 0 saturated carbocycles. The van der Waals surface area contributed by atoms with E-state index < -0.39 is 4.92 Å². The van der Waals surface area contributed by atoms with Crippen molar-refractivity contribution in [2.45, 2.75) is 0 Å². The average molecular weight is 307 g/mol. The summed E-state index contributed by atoms with van der Waals surface area (Å²) < 4.78 is 0.418. The molecule has 5 nitrogen and oxygen atoms in total. The van der Waals surface area contributed by atoms with Crippen LogP contribution in [0.2, 0.25) is 5.15 Å². The second-order valence-corrected chi connectivity index (χ2v) is 4.35. The molecule has 0 spiro atoms. The van der Waals surface area contributed by atoms with Gasteiger partial charge in [0.05, 0.1) is 15.0 Å². The van der Waals surface area contributed by atoms with Crippen LogP contribution in [0.15, 0.2) is 16.9 Å². The monoisotopic (exact) mass is 305 g/mol. The fraction of sp³-hybridized carbons (Fsp3) is 0.222. The molecule has 0 aliphatic carbocycles. The Hall–Kier alpha value is -1.14. The lowest BCUT2D eigenvalue weighted by atomic mass is 10.2. The normalized spacial score (nSPS) is 10.8. The van der Waals surface area contributed by atoms with Crippen LogP contribution in [0.4, 0.5) is 5.69 Å². The molecule has 1 aromatic heterocycles. The molecule has 86 valence electrons. The summed E-state index contributed by atoms with van der Waals surface area (Å²) in [6, 6.07) is 0. The van der Waals surface area contributed by atoms with Crippen LogP contribution in [0.3, 0.4) is 0 Å². The minimum absolute atomic E-state index is 0.0885. The third kappa shape index (κ3) is 2.93. The molecule has 1 rings (SSSR count). The molecule has 1 heterocycles. The second kappa shape index (κ2) is 5.27. The van der Waals surface area contributed by atoms with Gasteiger partial charge in [-0.25, -0.2) is 4.98 Å². The summed E-state index contributed by atoms with van der Waals surface area (Å²) in [5, 5.41) is 11.0. The molecule has 0 fully saturated rings. The molecule has 16 heavy (non-hydrogen) atoms. The molecule has 0 amide bonds. The fourth-order valence-electron chi connectivity index (χ4n) is 0.995. The van der Waals surface area contributed by atoms with Crippen LogP contribution in [0.1, 0.15) is 5.56 Å². The third-order valence-corrected chi connectivity index (χ3v) is 3.05. The maximum absolute atomic E-state index is 10.8. The van der Waals surface area contributed by atoms with Crippen LogP contribution < -0.4 is 0 Å². The van der Waals surface area contributed by atoms with Crippen molar-refractivity contribution in [3.05, 3.63) is 37.7 Å². The molecule has 0 bridgehead atoms. The van der Waals surface area contributed by atoms with E-state index in [0.717, 1.165) is 6.20 Å². The molecule has 0 radical (unpaired) electrons. The maximum Gasteiger partial charge on any atom is 0.296 e. The first-order valence-electron chi connectivity index (χ1n) is 4.26. The van der Waals surface area contributed by atoms with Gasteiger partial charge in [0, 0.05) is 14.1 Å². The molecule has 0 atom stereocenters. The van der Waals surface area contributed by atoms with E-state index in [1.165, 1.54) is 0 Å². The standard InChI is InChI=1S/C9H9BrClN3O2/c1-13(2)4-3-6-7(14(15)16)5-12-9(11)8(6)10/h3-5H,1-2H3. The highest BCUT2D eigenvalue weighted by atomic mass is 79.9. The van der Waals surface area contributed by atoms with Gasteiger partial charge in [0.1, 0.15) is 11.3 Å². The molecule has 7 heteroatoms. The van der Waals surface area contributed by atoms with Crippen molar-refractivity contribution in [1.29, 1.82) is 0 Å². The van der Waals surface area contributed by atoms with Gasteiger partial charge in [-0.3, -0.25) is 10.1 Å². The van der Waals surface area contributed by atoms with Gasteiger partial charge in [0.15, 0.2) is 0 Å². The number of nitro groups is 1. The zero-order valence-corrected chi connectivity index (χ0v) is 11.0. The summed E-state index contributed by atoms with van der Waals surface area (Å²) in [6.45, 7) is 0. The highest BCUT2D eigenvalue weighted by Gasteiger charge is 2.17. The van der Waals surface area contributed by atoms with E-state index in [0.29, 0.717) is 10.0 Å². The van der Waals surface area contributed by atoms with Crippen LogP contribution in [-0.2, 0) is 0 Å². The highest BCUT2D eigenvalue weighted by Crippen LogP contribution is 2.32. The van der Waals surface area contributed by atoms with Crippen LogP contribution >= 0.6 is 27.5 Å². The molecule has 0 N–H and O–H groups in total. The Morgan fingerprint density at radius 1 is 1.62 bits per heavy atom. The zero-order chi connectivity index (χ0) is 12.3. The smallest absolute Gasteiger partial charge is 0.296 e. The number of halogens is 2. The summed E-state index contributed by atoms with van der Waals surface area (Å²) in [7, 11) is 3.64. The van der Waals surface area contributed by atoms with Gasteiger partial charge in [0.2, 0.25) is 0 Å². The summed E-state index contributed by atoms with van der Waals surface area (Å²) in [4.78, 5) is 15.8. The SMILES string of the molecule is CN(C)C=Cc1c([N+](=O)[O-])cnc(Cl)c1Br. The van der Waals surface area contributed by atoms with E-state index in [1.807, 2.05) is 14.1 Å². The number of rotatable bonds is 3. The van der Waals surface area contributed by atoms with Crippen molar-refractivity contribution < 1.29 is 4.92 Å². The first-order chi connectivity index (χ1) is 7.43. The van der Waals surface area contributed by atoms with E-state index >= 15 is 0 Å². The van der Waals surface area contributed by atoms with E-state index in [4.69, 9.17) is 11.6 Å². The van der Waals surface area contributed by atoms with Crippen molar-refractivity contribution >= 4 is 39.3 Å². The lowest BCUT2D eigenvalue weighted by Gasteiger charge is -2.05. The number of nitrogens with zero attached hydrogens (tertiary/aromatic N) is 3. The third-order valence-electron chi connectivity index (χ3n) is 1.73. The maximum atomic E-state index is 10.8. The Bertz CT molecular complexity index is 449. The van der Waals surface area contributed by atoms with E-state index in [9.17, 15) is 10.1 Å². The highest BCUT2D eigenvalue weighted by molar-refractivity contribution is 9.10. The summed E-state index contributed by atoms with van der Waals surface area (Å²) in [6.07, 6.45) is 4.45. The minimum Gasteiger partial charge on any atom is -0.383 e. The fourth-order valence-corrected chi connectivity index (χ4v) is 1.58. The van der Waals surface area contributed by atoms with E-state index in [1.54, 1.807) is 17.2 Å². The van der Waals surface area contributed by atoms with Gasteiger partial charge in [-0.15, -0.1) is 0 Å². The van der Waals surface area contributed by atoms with Crippen molar-refractivity contribution in [2.75, 3.05) is 14.1 Å². The first kappa shape index (κ1) is 12.9. The van der Waals surface area contributed by atoms with Gasteiger partial charge < -0.3 is 4.90 Å². The van der Waals surface area contributed by atoms with E-state index in [2.05, 4.69) is 20.9 Å². The number of hydrogen-bond acceptors (Lipinski definition) is 4. The predicted molar refractivity (Wildman–Crippen MR) is 66.3 cm³/mol. The Morgan fingerprint density at radius 2 is 2.25 bits per heavy atom. The summed E-state index contributed by atoms with van der Waals surface area (Å²) in [5.41, 5.74) is 0.313. The molecule has 1 aromatic rings. The van der Waals surface area contributed by atoms with Crippen molar-refractivity contribution in [3.8, 4) is 0 Å². The predicted octanol–water partition coefficient (Wildman–Crippen LogP) is 2.94. The molecular weight excluding hydrogens is 297 g/mol. The first-order valence-corrected chi connectivity index (χ1v) is 5.43. The Balaban J connectivity index is 3.32. The minimum atomic E-state index is -0.497. The lowest BCUT2D eigenvalue weighted by Crippen LogP contribution is -2.01. The van der Waals surface area contributed by atoms with Crippen LogP contribution in [0.5, 0.6) is 0 Å². The Morgan fingerprint density at radius 3 is 2.75 bits per heavy atom. The van der Waals surface area contributed by atoms with E-state index in [-0.39, 0.29) is 10.8 Å². The van der Waals surface area contributed by atoms with Crippen LogP contribution in [-0.4, -0.2) is 28.9 Å². The topological polar surface area (TPSA) is 59.3 Å². The summed E-state index contributed by atoms with van der Waals surface area (Å²) >= 11 is 8.96. The molecule has 0 aromatic carbocycles. The van der Waals surface area contributed by atoms with Gasteiger partial charge in [-0.2, -0.15) is 0 Å². The number of hydrogen-bond donors (Lipinski definition) is 0. The van der Waals surface area contributed by atoms with Crippen molar-refractivity contribution in [3.63, 3.8) is 0 Å². The Kier molecular flexibility index (Phi) is 4.26. The zero-order valence-electron chi connectivity index (χ0n) is 8.65. The molecular formula is C9H9BrClN3O2.